The fourth-order valence-corrected chi connectivity index (χ4v) is 10.1. The molecule has 58 heavy (non-hydrogen) atoms. The molecule has 0 spiro atoms. The zero-order valence-electron chi connectivity index (χ0n) is 34.5. The van der Waals surface area contributed by atoms with Gasteiger partial charge in [0.2, 0.25) is 0 Å². The standard InChI is InChI=1S/2C21H21P.C7H7.C6H.Pt/c2*1-16-4-10-19(11-5-16)22(20-12-6-17(2)7-13-20)21-14-8-18(3)9-15-21;1-7-5-3-2-4-6-7;1-3-5-6-4-2;/h2*4-15H,1-3H3;3-6H,1H3;1H;/q;;2*-1;+2. The first-order valence-electron chi connectivity index (χ1n) is 18.9. The van der Waals surface area contributed by atoms with E-state index in [4.69, 9.17) is 6.42 Å². The van der Waals surface area contributed by atoms with Crippen LogP contribution >= 0.6 is 15.8 Å². The molecule has 7 rings (SSSR count). The molecule has 0 fully saturated rings. The number of aryl methyl sites for hydroxylation is 7. The van der Waals surface area contributed by atoms with Crippen molar-refractivity contribution in [1.29, 1.82) is 0 Å². The van der Waals surface area contributed by atoms with Crippen LogP contribution in [0.3, 0.4) is 0 Å². The molecule has 0 bridgehead atoms. The summed E-state index contributed by atoms with van der Waals surface area (Å²) in [5, 5.41) is 8.46. The van der Waals surface area contributed by atoms with E-state index in [-0.39, 0.29) is 21.1 Å². The maximum Gasteiger partial charge on any atom is 2.00 e. The predicted octanol–water partition coefficient (Wildman–Crippen LogP) is 10.7. The van der Waals surface area contributed by atoms with Crippen LogP contribution in [0, 0.1) is 91.1 Å². The smallest absolute Gasteiger partial charge is 0.358 e. The fourth-order valence-electron chi connectivity index (χ4n) is 5.59. The molecule has 0 aliphatic rings. The molecule has 0 saturated carbocycles. The Kier molecular flexibility index (Phi) is 20.5. The van der Waals surface area contributed by atoms with Gasteiger partial charge in [0.05, 0.1) is 0 Å². The topological polar surface area (TPSA) is 0 Å². The Labute approximate surface area is 366 Å². The van der Waals surface area contributed by atoms with Gasteiger partial charge < -0.3 is 6.42 Å². The van der Waals surface area contributed by atoms with E-state index in [1.54, 1.807) is 0 Å². The van der Waals surface area contributed by atoms with E-state index in [0.29, 0.717) is 0 Å². The van der Waals surface area contributed by atoms with E-state index in [1.165, 1.54) is 70.8 Å². The van der Waals surface area contributed by atoms with Crippen LogP contribution in [-0.4, -0.2) is 0 Å². The van der Waals surface area contributed by atoms with Gasteiger partial charge in [-0.2, -0.15) is 35.9 Å². The van der Waals surface area contributed by atoms with Crippen LogP contribution in [0.4, 0.5) is 0 Å². The number of rotatable bonds is 6. The largest absolute Gasteiger partial charge is 2.00 e. The van der Waals surface area contributed by atoms with Gasteiger partial charge in [-0.25, -0.2) is 5.92 Å². The Hall–Kier alpha value is -5.23. The molecule has 0 nitrogen and oxygen atoms in total. The van der Waals surface area contributed by atoms with Crippen LogP contribution in [0.15, 0.2) is 170 Å². The van der Waals surface area contributed by atoms with Crippen LogP contribution < -0.4 is 31.8 Å². The van der Waals surface area contributed by atoms with E-state index in [9.17, 15) is 0 Å². The molecule has 290 valence electrons. The van der Waals surface area contributed by atoms with Gasteiger partial charge in [0.1, 0.15) is 0 Å². The molecular weight excluding hydrogens is 918 g/mol. The molecule has 0 aromatic heterocycles. The Morgan fingerprint density at radius 3 is 0.707 bits per heavy atom. The Morgan fingerprint density at radius 1 is 0.362 bits per heavy atom. The normalized spacial score (nSPS) is 9.64. The van der Waals surface area contributed by atoms with Gasteiger partial charge in [0.15, 0.2) is 0 Å². The summed E-state index contributed by atoms with van der Waals surface area (Å²) in [5.41, 5.74) is 9.16. The van der Waals surface area contributed by atoms with E-state index in [2.05, 4.69) is 218 Å². The summed E-state index contributed by atoms with van der Waals surface area (Å²) < 4.78 is 0. The Morgan fingerprint density at radius 2 is 0.569 bits per heavy atom. The van der Waals surface area contributed by atoms with E-state index in [1.807, 2.05) is 36.1 Å². The van der Waals surface area contributed by atoms with Gasteiger partial charge >= 0.3 is 21.1 Å². The first-order chi connectivity index (χ1) is 27.6. The molecule has 0 unspecified atom stereocenters. The molecule has 0 amide bonds. The van der Waals surface area contributed by atoms with Crippen molar-refractivity contribution in [2.24, 2.45) is 0 Å². The second kappa shape index (κ2) is 25.2. The molecular formula is C55H50P2Pt. The third-order valence-electron chi connectivity index (χ3n) is 8.84. The summed E-state index contributed by atoms with van der Waals surface area (Å²) in [6.45, 7) is 14.9. The number of hydrogen-bond acceptors (Lipinski definition) is 0. The average Bonchev–Trinajstić information content (AvgIpc) is 3.22. The van der Waals surface area contributed by atoms with Gasteiger partial charge in [-0.1, -0.05) is 186 Å². The first kappa shape index (κ1) is 47.1. The Balaban J connectivity index is 0.000000235. The molecule has 0 heterocycles. The minimum Gasteiger partial charge on any atom is -0.358 e. The van der Waals surface area contributed by atoms with Crippen molar-refractivity contribution < 1.29 is 21.1 Å². The minimum absolute atomic E-state index is 0. The van der Waals surface area contributed by atoms with Crippen molar-refractivity contribution in [1.82, 2.24) is 0 Å². The molecule has 0 atom stereocenters. The second-order valence-corrected chi connectivity index (χ2v) is 18.2. The molecule has 0 radical (unpaired) electrons. The molecule has 7 aromatic carbocycles. The average molecular weight is 968 g/mol. The van der Waals surface area contributed by atoms with Crippen molar-refractivity contribution in [2.75, 3.05) is 0 Å². The first-order valence-corrected chi connectivity index (χ1v) is 21.6. The molecule has 0 saturated heterocycles. The van der Waals surface area contributed by atoms with Crippen molar-refractivity contribution in [3.63, 3.8) is 0 Å². The summed E-state index contributed by atoms with van der Waals surface area (Å²) in [7, 11) is -0.966. The second-order valence-electron chi connectivity index (χ2n) is 13.8. The predicted molar refractivity (Wildman–Crippen MR) is 252 cm³/mol. The van der Waals surface area contributed by atoms with Gasteiger partial charge in [-0.3, -0.25) is 5.92 Å². The number of benzene rings is 7. The summed E-state index contributed by atoms with van der Waals surface area (Å²) >= 11 is 0. The SMILES string of the molecule is Cc1cc[c-]cc1.Cc1ccc(P(c2ccc(C)cc2)c2ccc(C)cc2)cc1.Cc1ccc(P(c2ccc(C)cc2)c2ccc(C)cc2)cc1.[C-]#CC#CC#C.[Pt+2]. The van der Waals surface area contributed by atoms with Crippen molar-refractivity contribution >= 4 is 47.7 Å². The molecule has 7 aromatic rings. The maximum absolute atomic E-state index is 6.19. The van der Waals surface area contributed by atoms with Crippen molar-refractivity contribution in [3.8, 4) is 30.1 Å². The maximum atomic E-state index is 6.19. The van der Waals surface area contributed by atoms with Crippen LogP contribution in [-0.2, 0) is 21.1 Å². The van der Waals surface area contributed by atoms with Crippen LogP contribution in [0.5, 0.6) is 0 Å². The van der Waals surface area contributed by atoms with Crippen LogP contribution in [0.25, 0.3) is 0 Å². The van der Waals surface area contributed by atoms with Gasteiger partial charge in [0.25, 0.3) is 0 Å². The van der Waals surface area contributed by atoms with Gasteiger partial charge in [-0.15, -0.1) is 12.3 Å². The molecule has 3 heteroatoms. The number of hydrogen-bond donors (Lipinski definition) is 0. The Bertz CT molecular complexity index is 2020. The molecule has 0 aliphatic carbocycles. The van der Waals surface area contributed by atoms with Crippen molar-refractivity contribution in [2.45, 2.75) is 48.5 Å². The van der Waals surface area contributed by atoms with E-state index < -0.39 is 15.8 Å². The third-order valence-corrected chi connectivity index (χ3v) is 13.7. The van der Waals surface area contributed by atoms with Crippen LogP contribution in [0.2, 0.25) is 0 Å². The monoisotopic (exact) mass is 967 g/mol. The summed E-state index contributed by atoms with van der Waals surface area (Å²) in [4.78, 5) is 0. The third kappa shape index (κ3) is 15.6. The van der Waals surface area contributed by atoms with Crippen LogP contribution in [0.1, 0.15) is 38.9 Å². The summed E-state index contributed by atoms with van der Waals surface area (Å²) in [6.07, 6.45) is 10.9. The van der Waals surface area contributed by atoms with Gasteiger partial charge in [0, 0.05) is 0 Å². The molecule has 0 N–H and O–H groups in total. The zero-order chi connectivity index (χ0) is 41.0. The summed E-state index contributed by atoms with van der Waals surface area (Å²) in [6, 6.07) is 64.7. The summed E-state index contributed by atoms with van der Waals surface area (Å²) in [5.74, 6) is 8.15. The number of terminal acetylenes is 1. The quantitative estimate of drug-likeness (QED) is 0.0885. The van der Waals surface area contributed by atoms with Gasteiger partial charge in [-0.05, 0) is 95.1 Å². The zero-order valence-corrected chi connectivity index (χ0v) is 38.5. The molecule has 0 aliphatic heterocycles. The van der Waals surface area contributed by atoms with E-state index in [0.717, 1.165) is 0 Å². The van der Waals surface area contributed by atoms with E-state index >= 15 is 0 Å². The fraction of sp³-hybridized carbons (Fsp3) is 0.127. The minimum atomic E-state index is -0.483. The van der Waals surface area contributed by atoms with Crippen molar-refractivity contribution in [3.05, 3.63) is 221 Å².